The molecule has 170 valence electrons. The molecule has 0 radical (unpaired) electrons. The van der Waals surface area contributed by atoms with E-state index in [2.05, 4.69) is 20.4 Å². The molecule has 0 saturated carbocycles. The molecule has 0 aliphatic carbocycles. The zero-order valence-electron chi connectivity index (χ0n) is 18.6. The molecule has 0 spiro atoms. The standard InChI is InChI=1S/C24H25ClN6O2/c1-15-21-16(2)31(19-9-7-18(25)8-10-19)29-22(21)23(28-27-15)30-11-3-5-17(14-30)24(32)26-13-20-6-4-12-33-20/h4,6-10,12,17H,3,5,11,13-14H2,1-2H3,(H,26,32). The third-order valence-corrected chi connectivity index (χ3v) is 6.42. The Kier molecular flexibility index (Phi) is 5.76. The molecule has 4 aromatic rings. The molecule has 1 aliphatic rings. The fourth-order valence-corrected chi connectivity index (χ4v) is 4.60. The smallest absolute Gasteiger partial charge is 0.225 e. The largest absolute Gasteiger partial charge is 0.467 e. The SMILES string of the molecule is Cc1nnc(N2CCCC(C(=O)NCc3ccco3)C2)c2nn(-c3ccc(Cl)cc3)c(C)c12. The average molecular weight is 465 g/mol. The molecule has 8 nitrogen and oxygen atoms in total. The number of anilines is 1. The van der Waals surface area contributed by atoms with Crippen LogP contribution < -0.4 is 10.2 Å². The van der Waals surface area contributed by atoms with Gasteiger partial charge >= 0.3 is 0 Å². The molecule has 5 rings (SSSR count). The van der Waals surface area contributed by atoms with Gasteiger partial charge in [-0.25, -0.2) is 4.68 Å². The number of aryl methyl sites for hydroxylation is 2. The summed E-state index contributed by atoms with van der Waals surface area (Å²) in [5.41, 5.74) is 3.54. The molecule has 1 aliphatic heterocycles. The number of fused-ring (bicyclic) bond motifs is 1. The van der Waals surface area contributed by atoms with E-state index in [4.69, 9.17) is 21.1 Å². The first-order valence-electron chi connectivity index (χ1n) is 11.0. The van der Waals surface area contributed by atoms with Gasteiger partial charge in [0.1, 0.15) is 11.3 Å². The summed E-state index contributed by atoms with van der Waals surface area (Å²) in [7, 11) is 0. The van der Waals surface area contributed by atoms with E-state index in [9.17, 15) is 4.79 Å². The van der Waals surface area contributed by atoms with Crippen molar-refractivity contribution in [3.8, 4) is 5.69 Å². The topological polar surface area (TPSA) is 89.1 Å². The fourth-order valence-electron chi connectivity index (χ4n) is 4.47. The number of nitrogens with zero attached hydrogens (tertiary/aromatic N) is 5. The highest BCUT2D eigenvalue weighted by Crippen LogP contribution is 2.31. The van der Waals surface area contributed by atoms with E-state index in [1.165, 1.54) is 0 Å². The number of halogens is 1. The molecule has 1 atom stereocenters. The number of carbonyl (C=O) groups is 1. The van der Waals surface area contributed by atoms with Gasteiger partial charge in [0, 0.05) is 18.1 Å². The molecule has 9 heteroatoms. The molecule has 33 heavy (non-hydrogen) atoms. The number of hydrogen-bond donors (Lipinski definition) is 1. The summed E-state index contributed by atoms with van der Waals surface area (Å²) in [6, 6.07) is 11.3. The van der Waals surface area contributed by atoms with Crippen LogP contribution in [0.3, 0.4) is 0 Å². The molecule has 1 fully saturated rings. The van der Waals surface area contributed by atoms with E-state index in [0.717, 1.165) is 58.9 Å². The van der Waals surface area contributed by atoms with E-state index >= 15 is 0 Å². The molecular weight excluding hydrogens is 440 g/mol. The van der Waals surface area contributed by atoms with Crippen molar-refractivity contribution in [2.45, 2.75) is 33.2 Å². The fraction of sp³-hybridized carbons (Fsp3) is 0.333. The average Bonchev–Trinajstić information content (AvgIpc) is 3.47. The van der Waals surface area contributed by atoms with Crippen LogP contribution in [0.2, 0.25) is 5.02 Å². The Morgan fingerprint density at radius 3 is 2.79 bits per heavy atom. The number of nitrogens with one attached hydrogen (secondary N) is 1. The number of benzene rings is 1. The highest BCUT2D eigenvalue weighted by molar-refractivity contribution is 6.30. The maximum atomic E-state index is 12.8. The summed E-state index contributed by atoms with van der Waals surface area (Å²) in [5, 5.41) is 18.5. The Balaban J connectivity index is 1.43. The van der Waals surface area contributed by atoms with Gasteiger partial charge < -0.3 is 14.6 Å². The monoisotopic (exact) mass is 464 g/mol. The number of carbonyl (C=O) groups excluding carboxylic acids is 1. The maximum Gasteiger partial charge on any atom is 0.225 e. The normalized spacial score (nSPS) is 16.3. The lowest BCUT2D eigenvalue weighted by molar-refractivity contribution is -0.125. The highest BCUT2D eigenvalue weighted by Gasteiger charge is 2.29. The zero-order chi connectivity index (χ0) is 22.9. The molecule has 1 saturated heterocycles. The van der Waals surface area contributed by atoms with Crippen molar-refractivity contribution in [2.24, 2.45) is 5.92 Å². The second-order valence-corrected chi connectivity index (χ2v) is 8.83. The van der Waals surface area contributed by atoms with Crippen LogP contribution >= 0.6 is 11.6 Å². The summed E-state index contributed by atoms with van der Waals surface area (Å²) < 4.78 is 7.22. The van der Waals surface area contributed by atoms with Gasteiger partial charge in [-0.1, -0.05) is 11.6 Å². The van der Waals surface area contributed by atoms with Crippen LogP contribution in [0.25, 0.3) is 16.6 Å². The van der Waals surface area contributed by atoms with Crippen LogP contribution in [0, 0.1) is 19.8 Å². The Bertz CT molecular complexity index is 1280. The first-order valence-corrected chi connectivity index (χ1v) is 11.4. The second-order valence-electron chi connectivity index (χ2n) is 8.39. The molecule has 3 aromatic heterocycles. The van der Waals surface area contributed by atoms with Crippen molar-refractivity contribution in [1.82, 2.24) is 25.3 Å². The predicted molar refractivity (Wildman–Crippen MR) is 127 cm³/mol. The molecule has 4 heterocycles. The molecule has 1 N–H and O–H groups in total. The van der Waals surface area contributed by atoms with Crippen LogP contribution in [0.15, 0.2) is 47.1 Å². The molecule has 1 amide bonds. The number of furan rings is 1. The summed E-state index contributed by atoms with van der Waals surface area (Å²) in [6.45, 7) is 5.75. The van der Waals surface area contributed by atoms with Crippen LogP contribution in [0.4, 0.5) is 5.82 Å². The molecule has 1 unspecified atom stereocenters. The van der Waals surface area contributed by atoms with Crippen molar-refractivity contribution in [2.75, 3.05) is 18.0 Å². The van der Waals surface area contributed by atoms with Crippen LogP contribution in [-0.4, -0.2) is 39.0 Å². The third kappa shape index (κ3) is 4.18. The quantitative estimate of drug-likeness (QED) is 0.476. The van der Waals surface area contributed by atoms with Gasteiger partial charge in [0.25, 0.3) is 0 Å². The number of aromatic nitrogens is 4. The summed E-state index contributed by atoms with van der Waals surface area (Å²) >= 11 is 6.07. The predicted octanol–water partition coefficient (Wildman–Crippen LogP) is 4.21. The van der Waals surface area contributed by atoms with E-state index < -0.39 is 0 Å². The summed E-state index contributed by atoms with van der Waals surface area (Å²) in [4.78, 5) is 14.9. The number of piperidine rings is 1. The van der Waals surface area contributed by atoms with E-state index in [1.54, 1.807) is 6.26 Å². The van der Waals surface area contributed by atoms with Gasteiger partial charge in [-0.2, -0.15) is 10.2 Å². The lowest BCUT2D eigenvalue weighted by Crippen LogP contribution is -2.43. The maximum absolute atomic E-state index is 12.8. The number of hydrogen-bond acceptors (Lipinski definition) is 6. The van der Waals surface area contributed by atoms with Crippen molar-refractivity contribution in [1.29, 1.82) is 0 Å². The van der Waals surface area contributed by atoms with Gasteiger partial charge in [-0.3, -0.25) is 4.79 Å². The van der Waals surface area contributed by atoms with Crippen molar-refractivity contribution >= 4 is 34.2 Å². The Hall–Kier alpha value is -3.39. The third-order valence-electron chi connectivity index (χ3n) is 6.16. The van der Waals surface area contributed by atoms with Gasteiger partial charge in [0.05, 0.1) is 41.2 Å². The Morgan fingerprint density at radius 2 is 2.03 bits per heavy atom. The lowest BCUT2D eigenvalue weighted by Gasteiger charge is -2.32. The molecule has 0 bridgehead atoms. The molecule has 1 aromatic carbocycles. The van der Waals surface area contributed by atoms with Crippen molar-refractivity contribution in [3.63, 3.8) is 0 Å². The number of rotatable bonds is 5. The van der Waals surface area contributed by atoms with Crippen LogP contribution in [-0.2, 0) is 11.3 Å². The highest BCUT2D eigenvalue weighted by atomic mass is 35.5. The minimum Gasteiger partial charge on any atom is -0.467 e. The second kappa shape index (κ2) is 8.86. The molecular formula is C24H25ClN6O2. The van der Waals surface area contributed by atoms with Crippen molar-refractivity contribution < 1.29 is 9.21 Å². The minimum atomic E-state index is -0.133. The van der Waals surface area contributed by atoms with E-state index in [-0.39, 0.29) is 11.8 Å². The minimum absolute atomic E-state index is 0.0234. The van der Waals surface area contributed by atoms with E-state index in [0.29, 0.717) is 18.1 Å². The first-order chi connectivity index (χ1) is 16.0. The van der Waals surface area contributed by atoms with Crippen LogP contribution in [0.5, 0.6) is 0 Å². The first kappa shape index (κ1) is 21.5. The summed E-state index contributed by atoms with van der Waals surface area (Å²) in [6.07, 6.45) is 3.34. The van der Waals surface area contributed by atoms with Gasteiger partial charge in [0.2, 0.25) is 5.91 Å². The van der Waals surface area contributed by atoms with Gasteiger partial charge in [-0.05, 0) is 63.1 Å². The van der Waals surface area contributed by atoms with Crippen LogP contribution in [0.1, 0.15) is 30.0 Å². The Morgan fingerprint density at radius 1 is 1.21 bits per heavy atom. The van der Waals surface area contributed by atoms with Crippen molar-refractivity contribution in [3.05, 3.63) is 64.8 Å². The van der Waals surface area contributed by atoms with Gasteiger partial charge in [0.15, 0.2) is 5.82 Å². The van der Waals surface area contributed by atoms with E-state index in [1.807, 2.05) is 54.9 Å². The lowest BCUT2D eigenvalue weighted by atomic mass is 9.97. The van der Waals surface area contributed by atoms with Gasteiger partial charge in [-0.15, -0.1) is 5.10 Å². The number of amides is 1. The summed E-state index contributed by atoms with van der Waals surface area (Å²) in [5.74, 6) is 1.35. The zero-order valence-corrected chi connectivity index (χ0v) is 19.3. The Labute approximate surface area is 196 Å².